The first kappa shape index (κ1) is 17.9. The molecule has 1 N–H and O–H groups in total. The van der Waals surface area contributed by atoms with Gasteiger partial charge < -0.3 is 10.0 Å². The molecule has 0 aliphatic carbocycles. The van der Waals surface area contributed by atoms with E-state index < -0.39 is 5.97 Å². The number of hydrogen-bond acceptors (Lipinski definition) is 4. The first-order chi connectivity index (χ1) is 12.1. The Hall–Kier alpha value is -1.95. The SMILES string of the molecule is O=C(O)c1ccnc(CN2CCCC[C@H]2CC(=O)N2CCCCC2)c1. The third kappa shape index (κ3) is 4.78. The summed E-state index contributed by atoms with van der Waals surface area (Å²) in [5, 5.41) is 9.14. The zero-order chi connectivity index (χ0) is 17.6. The predicted molar refractivity (Wildman–Crippen MR) is 94.3 cm³/mol. The standard InChI is InChI=1S/C19H27N3O3/c23-18(21-9-3-1-4-10-21)13-17-6-2-5-11-22(17)14-16-12-15(19(24)25)7-8-20-16/h7-8,12,17H,1-6,9-11,13-14H2,(H,24,25)/t17-/m0/s1. The first-order valence-electron chi connectivity index (χ1n) is 9.33. The van der Waals surface area contributed by atoms with Crippen LogP contribution in [-0.4, -0.2) is 57.4 Å². The number of aromatic nitrogens is 1. The van der Waals surface area contributed by atoms with Crippen LogP contribution in [0.4, 0.5) is 0 Å². The van der Waals surface area contributed by atoms with Gasteiger partial charge in [0.2, 0.25) is 5.91 Å². The molecule has 0 radical (unpaired) electrons. The third-order valence-electron chi connectivity index (χ3n) is 5.30. The van der Waals surface area contributed by atoms with Gasteiger partial charge in [0.25, 0.3) is 0 Å². The molecular formula is C19H27N3O3. The molecule has 0 spiro atoms. The van der Waals surface area contributed by atoms with Crippen molar-refractivity contribution >= 4 is 11.9 Å². The van der Waals surface area contributed by atoms with E-state index in [0.29, 0.717) is 13.0 Å². The van der Waals surface area contributed by atoms with Gasteiger partial charge in [-0.15, -0.1) is 0 Å². The Morgan fingerprint density at radius 1 is 1.12 bits per heavy atom. The van der Waals surface area contributed by atoms with Crippen molar-refractivity contribution in [1.82, 2.24) is 14.8 Å². The molecule has 1 aromatic rings. The second-order valence-electron chi connectivity index (χ2n) is 7.11. The maximum atomic E-state index is 12.6. The van der Waals surface area contributed by atoms with Gasteiger partial charge in [-0.3, -0.25) is 14.7 Å². The van der Waals surface area contributed by atoms with E-state index in [1.807, 2.05) is 4.90 Å². The van der Waals surface area contributed by atoms with Crippen molar-refractivity contribution < 1.29 is 14.7 Å². The molecule has 3 rings (SSSR count). The number of hydrogen-bond donors (Lipinski definition) is 1. The molecule has 2 fully saturated rings. The summed E-state index contributed by atoms with van der Waals surface area (Å²) < 4.78 is 0. The maximum absolute atomic E-state index is 12.6. The van der Waals surface area contributed by atoms with E-state index in [-0.39, 0.29) is 17.5 Å². The van der Waals surface area contributed by atoms with Crippen molar-refractivity contribution in [1.29, 1.82) is 0 Å². The van der Waals surface area contributed by atoms with E-state index in [4.69, 9.17) is 5.11 Å². The van der Waals surface area contributed by atoms with Gasteiger partial charge in [0.05, 0.1) is 11.3 Å². The molecule has 2 aliphatic rings. The van der Waals surface area contributed by atoms with E-state index in [2.05, 4.69) is 9.88 Å². The van der Waals surface area contributed by atoms with Gasteiger partial charge in [0.15, 0.2) is 0 Å². The number of likely N-dealkylation sites (tertiary alicyclic amines) is 2. The van der Waals surface area contributed by atoms with Crippen LogP contribution in [0.25, 0.3) is 0 Å². The van der Waals surface area contributed by atoms with Crippen LogP contribution in [0.2, 0.25) is 0 Å². The van der Waals surface area contributed by atoms with Crippen molar-refractivity contribution in [2.24, 2.45) is 0 Å². The molecule has 0 unspecified atom stereocenters. The van der Waals surface area contributed by atoms with E-state index in [1.54, 1.807) is 12.3 Å². The number of pyridine rings is 1. The number of rotatable bonds is 5. The van der Waals surface area contributed by atoms with Crippen molar-refractivity contribution in [3.05, 3.63) is 29.6 Å². The highest BCUT2D eigenvalue weighted by Crippen LogP contribution is 2.23. The maximum Gasteiger partial charge on any atom is 0.335 e. The summed E-state index contributed by atoms with van der Waals surface area (Å²) in [6.45, 7) is 3.34. The molecule has 0 saturated carbocycles. The monoisotopic (exact) mass is 345 g/mol. The molecule has 25 heavy (non-hydrogen) atoms. The lowest BCUT2D eigenvalue weighted by Crippen LogP contribution is -2.44. The zero-order valence-corrected chi connectivity index (χ0v) is 14.7. The highest BCUT2D eigenvalue weighted by atomic mass is 16.4. The second kappa shape index (κ2) is 8.43. The molecule has 6 nitrogen and oxygen atoms in total. The molecule has 3 heterocycles. The summed E-state index contributed by atoms with van der Waals surface area (Å²) in [4.78, 5) is 32.4. The summed E-state index contributed by atoms with van der Waals surface area (Å²) in [5.41, 5.74) is 1.03. The summed E-state index contributed by atoms with van der Waals surface area (Å²) in [6, 6.07) is 3.39. The molecule has 2 saturated heterocycles. The quantitative estimate of drug-likeness (QED) is 0.888. The van der Waals surface area contributed by atoms with Gasteiger partial charge >= 0.3 is 5.97 Å². The third-order valence-corrected chi connectivity index (χ3v) is 5.30. The average Bonchev–Trinajstić information content (AvgIpc) is 2.64. The van der Waals surface area contributed by atoms with Crippen LogP contribution in [0, 0.1) is 0 Å². The Balaban J connectivity index is 1.63. The predicted octanol–water partition coefficient (Wildman–Crippen LogP) is 2.54. The van der Waals surface area contributed by atoms with Crippen LogP contribution in [0.1, 0.15) is 61.0 Å². The van der Waals surface area contributed by atoms with Crippen LogP contribution in [-0.2, 0) is 11.3 Å². The van der Waals surface area contributed by atoms with Crippen LogP contribution in [0.3, 0.4) is 0 Å². The van der Waals surface area contributed by atoms with Crippen LogP contribution in [0.15, 0.2) is 18.3 Å². The van der Waals surface area contributed by atoms with Gasteiger partial charge in [0, 0.05) is 38.3 Å². The molecule has 0 bridgehead atoms. The number of piperidine rings is 2. The summed E-state index contributed by atoms with van der Waals surface area (Å²) >= 11 is 0. The van der Waals surface area contributed by atoms with Gasteiger partial charge in [-0.2, -0.15) is 0 Å². The van der Waals surface area contributed by atoms with E-state index in [0.717, 1.165) is 57.4 Å². The van der Waals surface area contributed by atoms with Crippen molar-refractivity contribution in [3.8, 4) is 0 Å². The molecule has 1 amide bonds. The Morgan fingerprint density at radius 3 is 2.64 bits per heavy atom. The van der Waals surface area contributed by atoms with Crippen molar-refractivity contribution in [2.75, 3.05) is 19.6 Å². The van der Waals surface area contributed by atoms with Crippen LogP contribution in [0.5, 0.6) is 0 Å². The summed E-state index contributed by atoms with van der Waals surface area (Å²) in [7, 11) is 0. The van der Waals surface area contributed by atoms with Crippen LogP contribution < -0.4 is 0 Å². The lowest BCUT2D eigenvalue weighted by atomic mass is 9.97. The van der Waals surface area contributed by atoms with Gasteiger partial charge in [0.1, 0.15) is 0 Å². The number of carbonyl (C=O) groups is 2. The number of amides is 1. The van der Waals surface area contributed by atoms with Crippen molar-refractivity contribution in [2.45, 2.75) is 57.5 Å². The summed E-state index contributed by atoms with van der Waals surface area (Å²) in [5.74, 6) is -0.664. The van der Waals surface area contributed by atoms with E-state index in [1.165, 1.54) is 12.5 Å². The Morgan fingerprint density at radius 2 is 1.88 bits per heavy atom. The molecule has 1 aromatic heterocycles. The van der Waals surface area contributed by atoms with Crippen LogP contribution >= 0.6 is 0 Å². The Kier molecular flexibility index (Phi) is 6.02. The van der Waals surface area contributed by atoms with Gasteiger partial charge in [-0.1, -0.05) is 6.42 Å². The Labute approximate surface area is 148 Å². The highest BCUT2D eigenvalue weighted by molar-refractivity contribution is 5.87. The summed E-state index contributed by atoms with van der Waals surface area (Å²) in [6.07, 6.45) is 8.88. The van der Waals surface area contributed by atoms with E-state index in [9.17, 15) is 9.59 Å². The minimum Gasteiger partial charge on any atom is -0.478 e. The van der Waals surface area contributed by atoms with Gasteiger partial charge in [-0.25, -0.2) is 4.79 Å². The number of carboxylic acid groups (broad SMARTS) is 1. The lowest BCUT2D eigenvalue weighted by Gasteiger charge is -2.37. The number of carbonyl (C=O) groups excluding carboxylic acids is 1. The molecule has 1 atom stereocenters. The molecule has 2 aliphatic heterocycles. The normalized spacial score (nSPS) is 21.9. The highest BCUT2D eigenvalue weighted by Gasteiger charge is 2.27. The smallest absolute Gasteiger partial charge is 0.335 e. The lowest BCUT2D eigenvalue weighted by molar-refractivity contribution is -0.133. The van der Waals surface area contributed by atoms with Crippen molar-refractivity contribution in [3.63, 3.8) is 0 Å². The minimum absolute atomic E-state index is 0.235. The van der Waals surface area contributed by atoms with Gasteiger partial charge in [-0.05, 0) is 50.8 Å². The fourth-order valence-corrected chi connectivity index (χ4v) is 3.88. The molecular weight excluding hydrogens is 318 g/mol. The fourth-order valence-electron chi connectivity index (χ4n) is 3.88. The molecule has 136 valence electrons. The Bertz CT molecular complexity index is 614. The average molecular weight is 345 g/mol. The number of carboxylic acids is 1. The first-order valence-corrected chi connectivity index (χ1v) is 9.33. The number of aromatic carboxylic acids is 1. The second-order valence-corrected chi connectivity index (χ2v) is 7.11. The van der Waals surface area contributed by atoms with E-state index >= 15 is 0 Å². The zero-order valence-electron chi connectivity index (χ0n) is 14.7. The molecule has 6 heteroatoms. The largest absolute Gasteiger partial charge is 0.478 e. The topological polar surface area (TPSA) is 73.7 Å². The molecule has 0 aromatic carbocycles. The minimum atomic E-state index is -0.931. The number of nitrogens with zero attached hydrogens (tertiary/aromatic N) is 3. The fraction of sp³-hybridized carbons (Fsp3) is 0.632.